The summed E-state index contributed by atoms with van der Waals surface area (Å²) in [5.74, 6) is -0.277. The second-order valence-electron chi connectivity index (χ2n) is 3.67. The molecule has 0 saturated carbocycles. The predicted molar refractivity (Wildman–Crippen MR) is 57.4 cm³/mol. The van der Waals surface area contributed by atoms with Crippen molar-refractivity contribution < 1.29 is 4.79 Å². The molecule has 0 aromatic carbocycles. The lowest BCUT2D eigenvalue weighted by molar-refractivity contribution is -0.126. The lowest BCUT2D eigenvalue weighted by atomic mass is 9.92. The maximum atomic E-state index is 11.6. The smallest absolute Gasteiger partial charge is 0.245 e. The van der Waals surface area contributed by atoms with Gasteiger partial charge in [-0.25, -0.2) is 5.01 Å². The average Bonchev–Trinajstić information content (AvgIpc) is 2.01. The van der Waals surface area contributed by atoms with E-state index in [9.17, 15) is 4.79 Å². The summed E-state index contributed by atoms with van der Waals surface area (Å²) in [6.45, 7) is 5.86. The lowest BCUT2D eigenvalue weighted by Crippen LogP contribution is -2.40. The molecule has 0 fully saturated rings. The molecule has 3 nitrogen and oxygen atoms in total. The minimum Gasteiger partial charge on any atom is -0.289 e. The van der Waals surface area contributed by atoms with Gasteiger partial charge in [0.15, 0.2) is 0 Å². The highest BCUT2D eigenvalue weighted by atomic mass is 16.2. The number of hydrazine groups is 1. The van der Waals surface area contributed by atoms with Gasteiger partial charge < -0.3 is 0 Å². The molecule has 0 aliphatic heterocycles. The van der Waals surface area contributed by atoms with Gasteiger partial charge in [0.25, 0.3) is 0 Å². The van der Waals surface area contributed by atoms with E-state index < -0.39 is 0 Å². The zero-order valence-corrected chi connectivity index (χ0v) is 8.87. The van der Waals surface area contributed by atoms with E-state index >= 15 is 0 Å². The van der Waals surface area contributed by atoms with Crippen LogP contribution in [-0.4, -0.2) is 25.0 Å². The number of allylic oxidation sites excluding steroid dienone is 3. The molecule has 3 heteroatoms. The molecule has 14 heavy (non-hydrogen) atoms. The second-order valence-corrected chi connectivity index (χ2v) is 3.67. The number of amides is 1. The maximum absolute atomic E-state index is 11.6. The molecule has 1 unspecified atom stereocenters. The summed E-state index contributed by atoms with van der Waals surface area (Å²) >= 11 is 0. The van der Waals surface area contributed by atoms with Crippen molar-refractivity contribution in [3.05, 3.63) is 36.0 Å². The molecule has 0 heterocycles. The number of hydrogen-bond acceptors (Lipinski definition) is 2. The number of hydrogen-bond donors (Lipinski definition) is 1. The molecule has 0 bridgehead atoms. The van der Waals surface area contributed by atoms with Gasteiger partial charge in [-0.3, -0.25) is 10.2 Å². The van der Waals surface area contributed by atoms with Crippen molar-refractivity contribution in [2.24, 2.45) is 5.92 Å². The van der Waals surface area contributed by atoms with Crippen LogP contribution in [0.3, 0.4) is 0 Å². The van der Waals surface area contributed by atoms with Gasteiger partial charge in [0, 0.05) is 14.1 Å². The third kappa shape index (κ3) is 2.57. The fourth-order valence-corrected chi connectivity index (χ4v) is 1.35. The zero-order chi connectivity index (χ0) is 10.7. The Morgan fingerprint density at radius 2 is 2.21 bits per heavy atom. The molecule has 1 aliphatic rings. The highest BCUT2D eigenvalue weighted by molar-refractivity contribution is 5.84. The topological polar surface area (TPSA) is 32.3 Å². The fourth-order valence-electron chi connectivity index (χ4n) is 1.35. The van der Waals surface area contributed by atoms with Crippen LogP contribution in [0.15, 0.2) is 36.0 Å². The first-order valence-electron chi connectivity index (χ1n) is 4.54. The standard InChI is InChI=1S/C11H16N2O/c1-8-5-6-10(9(2)7-8)11(14)12-13(3)4/h5-7,10H,2H2,1,3-4H3,(H,12,14). The number of nitrogens with one attached hydrogen (secondary N) is 1. The third-order valence-electron chi connectivity index (χ3n) is 1.98. The van der Waals surface area contributed by atoms with Crippen molar-refractivity contribution >= 4 is 5.91 Å². The van der Waals surface area contributed by atoms with Crippen molar-refractivity contribution in [1.29, 1.82) is 0 Å². The average molecular weight is 192 g/mol. The molecule has 76 valence electrons. The number of rotatable bonds is 2. The highest BCUT2D eigenvalue weighted by Crippen LogP contribution is 2.20. The number of nitrogens with zero attached hydrogens (tertiary/aromatic N) is 1. The van der Waals surface area contributed by atoms with Crippen molar-refractivity contribution in [3.63, 3.8) is 0 Å². The van der Waals surface area contributed by atoms with E-state index in [2.05, 4.69) is 12.0 Å². The van der Waals surface area contributed by atoms with Crippen LogP contribution < -0.4 is 5.43 Å². The Hall–Kier alpha value is -1.35. The van der Waals surface area contributed by atoms with Crippen molar-refractivity contribution in [3.8, 4) is 0 Å². The maximum Gasteiger partial charge on any atom is 0.245 e. The molecule has 0 aromatic heterocycles. The van der Waals surface area contributed by atoms with E-state index in [1.807, 2.05) is 25.2 Å². The highest BCUT2D eigenvalue weighted by Gasteiger charge is 2.19. The first kappa shape index (κ1) is 10.7. The van der Waals surface area contributed by atoms with Gasteiger partial charge in [-0.15, -0.1) is 0 Å². The van der Waals surface area contributed by atoms with Gasteiger partial charge >= 0.3 is 0 Å². The van der Waals surface area contributed by atoms with E-state index in [0.717, 1.165) is 11.1 Å². The third-order valence-corrected chi connectivity index (χ3v) is 1.98. The SMILES string of the molecule is C=C1C=C(C)C=CC1C(=O)NN(C)C. The molecular formula is C11H16N2O. The molecular weight excluding hydrogens is 176 g/mol. The number of carbonyl (C=O) groups is 1. The van der Waals surface area contributed by atoms with Crippen LogP contribution in [0, 0.1) is 5.92 Å². The number of carbonyl (C=O) groups excluding carboxylic acids is 1. The summed E-state index contributed by atoms with van der Waals surface area (Å²) in [6, 6.07) is 0. The first-order valence-corrected chi connectivity index (χ1v) is 4.54. The molecule has 0 saturated heterocycles. The molecule has 1 N–H and O–H groups in total. The van der Waals surface area contributed by atoms with E-state index in [0.29, 0.717) is 0 Å². The predicted octanol–water partition coefficient (Wildman–Crippen LogP) is 1.27. The minimum absolute atomic E-state index is 0.0417. The Morgan fingerprint density at radius 1 is 1.57 bits per heavy atom. The zero-order valence-electron chi connectivity index (χ0n) is 8.87. The minimum atomic E-state index is -0.235. The van der Waals surface area contributed by atoms with E-state index in [4.69, 9.17) is 0 Å². The molecule has 1 aliphatic carbocycles. The molecule has 0 spiro atoms. The monoisotopic (exact) mass is 192 g/mol. The van der Waals surface area contributed by atoms with Crippen LogP contribution in [0.5, 0.6) is 0 Å². The summed E-state index contributed by atoms with van der Waals surface area (Å²) in [4.78, 5) is 11.6. The molecule has 0 aromatic rings. The Kier molecular flexibility index (Phi) is 3.25. The molecule has 0 radical (unpaired) electrons. The quantitative estimate of drug-likeness (QED) is 0.668. The van der Waals surface area contributed by atoms with E-state index in [1.54, 1.807) is 19.1 Å². The van der Waals surface area contributed by atoms with Gasteiger partial charge in [-0.1, -0.05) is 30.4 Å². The lowest BCUT2D eigenvalue weighted by Gasteiger charge is -2.20. The van der Waals surface area contributed by atoms with Gasteiger partial charge in [0.2, 0.25) is 5.91 Å². The van der Waals surface area contributed by atoms with Gasteiger partial charge in [-0.2, -0.15) is 0 Å². The Bertz CT molecular complexity index is 313. The summed E-state index contributed by atoms with van der Waals surface area (Å²) in [7, 11) is 3.57. The van der Waals surface area contributed by atoms with Gasteiger partial charge in [0.1, 0.15) is 0 Å². The summed E-state index contributed by atoms with van der Waals surface area (Å²) < 4.78 is 0. The first-order chi connectivity index (χ1) is 6.50. The van der Waals surface area contributed by atoms with E-state index in [1.165, 1.54) is 0 Å². The van der Waals surface area contributed by atoms with Gasteiger partial charge in [-0.05, 0) is 12.5 Å². The molecule has 1 rings (SSSR count). The van der Waals surface area contributed by atoms with Crippen LogP contribution in [0.2, 0.25) is 0 Å². The summed E-state index contributed by atoms with van der Waals surface area (Å²) in [5.41, 5.74) is 4.68. The van der Waals surface area contributed by atoms with Crippen LogP contribution in [-0.2, 0) is 4.79 Å². The van der Waals surface area contributed by atoms with Crippen LogP contribution >= 0.6 is 0 Å². The summed E-state index contributed by atoms with van der Waals surface area (Å²) in [5, 5.41) is 1.63. The largest absolute Gasteiger partial charge is 0.289 e. The fraction of sp³-hybridized carbons (Fsp3) is 0.364. The van der Waals surface area contributed by atoms with Crippen LogP contribution in [0.4, 0.5) is 0 Å². The van der Waals surface area contributed by atoms with Crippen LogP contribution in [0.1, 0.15) is 6.92 Å². The second kappa shape index (κ2) is 4.24. The van der Waals surface area contributed by atoms with Crippen molar-refractivity contribution in [1.82, 2.24) is 10.4 Å². The Morgan fingerprint density at radius 3 is 2.71 bits per heavy atom. The molecule has 1 amide bonds. The van der Waals surface area contributed by atoms with Gasteiger partial charge in [0.05, 0.1) is 5.92 Å². The normalized spacial score (nSPS) is 21.0. The van der Waals surface area contributed by atoms with Crippen molar-refractivity contribution in [2.45, 2.75) is 6.92 Å². The Balaban J connectivity index is 2.68. The van der Waals surface area contributed by atoms with E-state index in [-0.39, 0.29) is 11.8 Å². The van der Waals surface area contributed by atoms with Crippen LogP contribution in [0.25, 0.3) is 0 Å². The Labute approximate surface area is 84.8 Å². The van der Waals surface area contributed by atoms with Crippen molar-refractivity contribution in [2.75, 3.05) is 14.1 Å². The molecule has 1 atom stereocenters. The summed E-state index contributed by atoms with van der Waals surface area (Å²) in [6.07, 6.45) is 5.74.